The van der Waals surface area contributed by atoms with Crippen molar-refractivity contribution in [2.24, 2.45) is 0 Å². The van der Waals surface area contributed by atoms with Crippen LogP contribution in [-0.2, 0) is 13.0 Å². The summed E-state index contributed by atoms with van der Waals surface area (Å²) in [5.74, 6) is 1.39. The number of fused-ring (bicyclic) bond motifs is 3. The third-order valence-electron chi connectivity index (χ3n) is 6.00. The summed E-state index contributed by atoms with van der Waals surface area (Å²) >= 11 is 6.02. The van der Waals surface area contributed by atoms with E-state index in [1.807, 2.05) is 37.3 Å². The average Bonchev–Trinajstić information content (AvgIpc) is 2.81. The molecule has 0 saturated carbocycles. The number of benzene rings is 3. The molecular formula is C27H24ClNO3. The molecule has 0 amide bonds. The van der Waals surface area contributed by atoms with Gasteiger partial charge in [-0.15, -0.1) is 0 Å². The van der Waals surface area contributed by atoms with E-state index in [2.05, 4.69) is 29.2 Å². The van der Waals surface area contributed by atoms with Gasteiger partial charge in [-0.2, -0.15) is 0 Å². The van der Waals surface area contributed by atoms with Crippen LogP contribution in [0, 0.1) is 6.92 Å². The van der Waals surface area contributed by atoms with Crippen molar-refractivity contribution in [2.45, 2.75) is 26.3 Å². The summed E-state index contributed by atoms with van der Waals surface area (Å²) in [6.07, 6.45) is 2.07. The maximum atomic E-state index is 13.4. The highest BCUT2D eigenvalue weighted by Gasteiger charge is 2.23. The van der Waals surface area contributed by atoms with Gasteiger partial charge in [0.1, 0.15) is 23.8 Å². The molecule has 2 heterocycles. The van der Waals surface area contributed by atoms with Gasteiger partial charge in [-0.3, -0.25) is 9.69 Å². The summed E-state index contributed by atoms with van der Waals surface area (Å²) in [6, 6.07) is 21.5. The second kappa shape index (κ2) is 8.81. The topological polar surface area (TPSA) is 42.7 Å². The van der Waals surface area contributed by atoms with Crippen LogP contribution < -0.4 is 10.2 Å². The molecule has 0 bridgehead atoms. The zero-order chi connectivity index (χ0) is 22.1. The van der Waals surface area contributed by atoms with Gasteiger partial charge >= 0.3 is 0 Å². The third kappa shape index (κ3) is 4.04. The molecule has 5 rings (SSSR count). The summed E-state index contributed by atoms with van der Waals surface area (Å²) < 4.78 is 12.2. The van der Waals surface area contributed by atoms with Crippen molar-refractivity contribution in [3.8, 4) is 16.9 Å². The first kappa shape index (κ1) is 20.8. The van der Waals surface area contributed by atoms with E-state index in [9.17, 15) is 4.79 Å². The zero-order valence-corrected chi connectivity index (χ0v) is 18.7. The molecule has 162 valence electrons. The third-order valence-corrected chi connectivity index (χ3v) is 6.25. The molecule has 3 aromatic carbocycles. The molecule has 1 aliphatic heterocycles. The molecule has 4 aromatic rings. The van der Waals surface area contributed by atoms with E-state index in [1.54, 1.807) is 12.1 Å². The summed E-state index contributed by atoms with van der Waals surface area (Å²) in [4.78, 5) is 15.6. The molecule has 0 aliphatic carbocycles. The lowest BCUT2D eigenvalue weighted by atomic mass is 10.0. The van der Waals surface area contributed by atoms with Crippen molar-refractivity contribution in [1.82, 2.24) is 4.90 Å². The molecule has 0 radical (unpaired) electrons. The minimum atomic E-state index is -0.0323. The van der Waals surface area contributed by atoms with Gasteiger partial charge in [0.25, 0.3) is 0 Å². The fraction of sp³-hybridized carbons (Fsp3) is 0.222. The lowest BCUT2D eigenvalue weighted by Gasteiger charge is -2.29. The van der Waals surface area contributed by atoms with Gasteiger partial charge in [0.15, 0.2) is 0 Å². The molecule has 0 spiro atoms. The van der Waals surface area contributed by atoms with Crippen LogP contribution >= 0.6 is 11.6 Å². The number of halogens is 1. The van der Waals surface area contributed by atoms with E-state index < -0.39 is 0 Å². The van der Waals surface area contributed by atoms with Crippen molar-refractivity contribution in [2.75, 3.05) is 13.3 Å². The number of hydrogen-bond donors (Lipinski definition) is 0. The summed E-state index contributed by atoms with van der Waals surface area (Å²) in [6.45, 7) is 3.99. The summed E-state index contributed by atoms with van der Waals surface area (Å²) in [7, 11) is 0. The summed E-state index contributed by atoms with van der Waals surface area (Å²) in [5.41, 5.74) is 4.25. The number of nitrogens with zero attached hydrogens (tertiary/aromatic N) is 1. The Morgan fingerprint density at radius 1 is 1.00 bits per heavy atom. The van der Waals surface area contributed by atoms with Gasteiger partial charge in [0, 0.05) is 18.1 Å². The number of rotatable bonds is 5. The molecule has 1 aliphatic rings. The molecule has 4 nitrogen and oxygen atoms in total. The van der Waals surface area contributed by atoms with Crippen LogP contribution in [-0.4, -0.2) is 18.2 Å². The predicted molar refractivity (Wildman–Crippen MR) is 128 cm³/mol. The highest BCUT2D eigenvalue weighted by molar-refractivity contribution is 6.30. The van der Waals surface area contributed by atoms with E-state index in [0.717, 1.165) is 36.3 Å². The molecule has 32 heavy (non-hydrogen) atoms. The van der Waals surface area contributed by atoms with Crippen LogP contribution in [0.1, 0.15) is 23.3 Å². The molecule has 0 fully saturated rings. The van der Waals surface area contributed by atoms with Crippen molar-refractivity contribution in [3.05, 3.63) is 98.9 Å². The van der Waals surface area contributed by atoms with Crippen LogP contribution in [0.2, 0.25) is 5.02 Å². The zero-order valence-electron chi connectivity index (χ0n) is 17.9. The quantitative estimate of drug-likeness (QED) is 0.366. The highest BCUT2D eigenvalue weighted by atomic mass is 35.5. The first-order valence-electron chi connectivity index (χ1n) is 10.8. The fourth-order valence-electron chi connectivity index (χ4n) is 4.36. The Labute approximate surface area is 192 Å². The Kier molecular flexibility index (Phi) is 5.73. The van der Waals surface area contributed by atoms with E-state index in [1.165, 1.54) is 5.56 Å². The van der Waals surface area contributed by atoms with E-state index in [4.69, 9.17) is 20.8 Å². The minimum Gasteiger partial charge on any atom is -0.478 e. The minimum absolute atomic E-state index is 0.0323. The maximum Gasteiger partial charge on any atom is 0.200 e. The molecule has 1 aromatic heterocycles. The van der Waals surface area contributed by atoms with E-state index in [-0.39, 0.29) is 5.43 Å². The lowest BCUT2D eigenvalue weighted by Crippen LogP contribution is -2.33. The van der Waals surface area contributed by atoms with Crippen molar-refractivity contribution in [3.63, 3.8) is 0 Å². The molecule has 0 unspecified atom stereocenters. The van der Waals surface area contributed by atoms with E-state index in [0.29, 0.717) is 40.6 Å². The number of hydrogen-bond acceptors (Lipinski definition) is 4. The Balaban J connectivity index is 1.43. The van der Waals surface area contributed by atoms with Crippen molar-refractivity contribution < 1.29 is 9.15 Å². The summed E-state index contributed by atoms with van der Waals surface area (Å²) in [5, 5.41) is 1.21. The second-order valence-corrected chi connectivity index (χ2v) is 8.64. The normalized spacial score (nSPS) is 13.7. The van der Waals surface area contributed by atoms with Gasteiger partial charge in [-0.1, -0.05) is 54.1 Å². The SMILES string of the molecule is Cc1oc2c3c(ccc2c(=O)c1-c1ccc(Cl)cc1)OCN(CCCc1ccccc1)C3. The highest BCUT2D eigenvalue weighted by Crippen LogP contribution is 2.34. The van der Waals surface area contributed by atoms with Gasteiger partial charge in [0.05, 0.1) is 16.5 Å². The van der Waals surface area contributed by atoms with Crippen LogP contribution in [0.15, 0.2) is 75.9 Å². The predicted octanol–water partition coefficient (Wildman–Crippen LogP) is 6.21. The van der Waals surface area contributed by atoms with Crippen molar-refractivity contribution >= 4 is 22.6 Å². The average molecular weight is 446 g/mol. The largest absolute Gasteiger partial charge is 0.478 e. The molecule has 0 N–H and O–H groups in total. The van der Waals surface area contributed by atoms with Gasteiger partial charge < -0.3 is 9.15 Å². The smallest absolute Gasteiger partial charge is 0.200 e. The molecular weight excluding hydrogens is 422 g/mol. The van der Waals surface area contributed by atoms with Crippen LogP contribution in [0.5, 0.6) is 5.75 Å². The maximum absolute atomic E-state index is 13.4. The first-order chi connectivity index (χ1) is 15.6. The molecule has 0 atom stereocenters. The molecule has 0 saturated heterocycles. The lowest BCUT2D eigenvalue weighted by molar-refractivity contribution is 0.0946. The Morgan fingerprint density at radius 2 is 1.78 bits per heavy atom. The monoisotopic (exact) mass is 445 g/mol. The van der Waals surface area contributed by atoms with Crippen molar-refractivity contribution in [1.29, 1.82) is 0 Å². The van der Waals surface area contributed by atoms with Crippen LogP contribution in [0.25, 0.3) is 22.1 Å². The van der Waals surface area contributed by atoms with Gasteiger partial charge in [-0.25, -0.2) is 0 Å². The first-order valence-corrected chi connectivity index (χ1v) is 11.2. The Bertz CT molecular complexity index is 1310. The second-order valence-electron chi connectivity index (χ2n) is 8.20. The van der Waals surface area contributed by atoms with Gasteiger partial charge in [0.2, 0.25) is 5.43 Å². The van der Waals surface area contributed by atoms with E-state index >= 15 is 0 Å². The standard InChI is InChI=1S/C27H24ClNO3/c1-18-25(20-9-11-21(28)12-10-20)26(30)22-13-14-24-23(27(22)32-18)16-29(17-31-24)15-5-8-19-6-3-2-4-7-19/h2-4,6-7,9-14H,5,8,15-17H2,1H3. The number of ether oxygens (including phenoxy) is 1. The fourth-order valence-corrected chi connectivity index (χ4v) is 4.49. The van der Waals surface area contributed by atoms with Gasteiger partial charge in [-0.05, 0) is 55.2 Å². The number of aryl methyl sites for hydroxylation is 2. The Hall–Kier alpha value is -3.08. The van der Waals surface area contributed by atoms with Crippen LogP contribution in [0.4, 0.5) is 0 Å². The Morgan fingerprint density at radius 3 is 2.56 bits per heavy atom. The molecule has 5 heteroatoms. The van der Waals surface area contributed by atoms with Crippen LogP contribution in [0.3, 0.4) is 0 Å².